The Morgan fingerprint density at radius 2 is 2.24 bits per heavy atom. The summed E-state index contributed by atoms with van der Waals surface area (Å²) in [7, 11) is 0. The number of piperidine rings is 1. The lowest BCUT2D eigenvalue weighted by Crippen LogP contribution is -2.32. The summed E-state index contributed by atoms with van der Waals surface area (Å²) in [5.74, 6) is 0.270. The Bertz CT molecular complexity index is 536. The maximum atomic E-state index is 12.1. The van der Waals surface area contributed by atoms with Crippen LogP contribution >= 0.6 is 0 Å². The van der Waals surface area contributed by atoms with Crippen molar-refractivity contribution in [3.8, 4) is 11.4 Å². The van der Waals surface area contributed by atoms with E-state index in [1.807, 2.05) is 0 Å². The van der Waals surface area contributed by atoms with Gasteiger partial charge in [-0.05, 0) is 31.1 Å². The van der Waals surface area contributed by atoms with E-state index in [9.17, 15) is 4.79 Å². The molecule has 17 heavy (non-hydrogen) atoms. The van der Waals surface area contributed by atoms with Crippen molar-refractivity contribution in [3.05, 3.63) is 16.6 Å². The molecule has 0 spiro atoms. The number of aromatic nitrogens is 5. The fourth-order valence-corrected chi connectivity index (χ4v) is 2.04. The molecular formula is C9H12N6O2. The Kier molecular flexibility index (Phi) is 2.48. The molecule has 3 heterocycles. The second-order valence-electron chi connectivity index (χ2n) is 3.98. The van der Waals surface area contributed by atoms with Gasteiger partial charge >= 0.3 is 0 Å². The highest BCUT2D eigenvalue weighted by molar-refractivity contribution is 5.49. The summed E-state index contributed by atoms with van der Waals surface area (Å²) in [6.07, 6.45) is 3.16. The van der Waals surface area contributed by atoms with E-state index >= 15 is 0 Å². The third kappa shape index (κ3) is 1.76. The lowest BCUT2D eigenvalue weighted by atomic mass is 10.1. The quantitative estimate of drug-likeness (QED) is 0.732. The number of aromatic amines is 1. The molecule has 8 heteroatoms. The number of rotatable bonds is 2. The van der Waals surface area contributed by atoms with Crippen LogP contribution in [0, 0.1) is 0 Å². The molecule has 1 fully saturated rings. The van der Waals surface area contributed by atoms with Crippen molar-refractivity contribution < 1.29 is 4.52 Å². The van der Waals surface area contributed by atoms with Crippen molar-refractivity contribution in [2.75, 3.05) is 13.1 Å². The molecule has 0 aromatic carbocycles. The third-order valence-corrected chi connectivity index (χ3v) is 2.94. The number of nitrogens with zero attached hydrogens (tertiary/aromatic N) is 4. The molecular weight excluding hydrogens is 224 g/mol. The largest absolute Gasteiger partial charge is 0.383 e. The Morgan fingerprint density at radius 1 is 1.41 bits per heavy atom. The first kappa shape index (κ1) is 10.2. The van der Waals surface area contributed by atoms with Gasteiger partial charge in [-0.25, -0.2) is 0 Å². The first-order valence-corrected chi connectivity index (χ1v) is 5.51. The molecule has 0 bridgehead atoms. The van der Waals surface area contributed by atoms with E-state index in [4.69, 9.17) is 4.52 Å². The Balaban J connectivity index is 1.95. The summed E-state index contributed by atoms with van der Waals surface area (Å²) < 4.78 is 6.72. The Hall–Kier alpha value is -1.96. The van der Waals surface area contributed by atoms with Gasteiger partial charge in [-0.1, -0.05) is 0 Å². The zero-order valence-corrected chi connectivity index (χ0v) is 9.09. The monoisotopic (exact) mass is 236 g/mol. The van der Waals surface area contributed by atoms with Gasteiger partial charge in [0.25, 0.3) is 5.56 Å². The van der Waals surface area contributed by atoms with Crippen LogP contribution < -0.4 is 10.9 Å². The second-order valence-corrected chi connectivity index (χ2v) is 3.98. The van der Waals surface area contributed by atoms with Crippen molar-refractivity contribution in [1.29, 1.82) is 0 Å². The molecule has 0 aliphatic carbocycles. The molecule has 90 valence electrons. The van der Waals surface area contributed by atoms with Crippen LogP contribution in [0.25, 0.3) is 11.4 Å². The minimum atomic E-state index is -0.196. The average Bonchev–Trinajstić information content (AvgIpc) is 2.99. The van der Waals surface area contributed by atoms with Crippen molar-refractivity contribution >= 4 is 0 Å². The van der Waals surface area contributed by atoms with Crippen molar-refractivity contribution in [3.63, 3.8) is 0 Å². The van der Waals surface area contributed by atoms with Crippen LogP contribution in [0.3, 0.4) is 0 Å². The minimum absolute atomic E-state index is 0.115. The van der Waals surface area contributed by atoms with Gasteiger partial charge in [0.15, 0.2) is 0 Å². The van der Waals surface area contributed by atoms with Crippen LogP contribution in [0.2, 0.25) is 0 Å². The fourth-order valence-electron chi connectivity index (χ4n) is 2.04. The van der Waals surface area contributed by atoms with E-state index in [2.05, 4.69) is 25.9 Å². The maximum absolute atomic E-state index is 12.1. The van der Waals surface area contributed by atoms with Crippen LogP contribution in [0.1, 0.15) is 18.9 Å². The first-order valence-electron chi connectivity index (χ1n) is 5.51. The molecule has 1 aliphatic heterocycles. The summed E-state index contributed by atoms with van der Waals surface area (Å²) in [4.78, 5) is 12.1. The molecule has 0 unspecified atom stereocenters. The molecule has 2 N–H and O–H groups in total. The molecule has 0 saturated carbocycles. The molecule has 2 aromatic heterocycles. The topological polar surface area (TPSA) is 102 Å². The Morgan fingerprint density at radius 3 is 2.94 bits per heavy atom. The Labute approximate surface area is 96.0 Å². The standard InChI is InChI=1S/C9H12N6O2/c16-9-7(8-11-13-14-12-8)5-17-15(9)6-1-3-10-4-2-6/h5-6,10H,1-4H2,(H,11,12,13,14). The van der Waals surface area contributed by atoms with E-state index in [0.717, 1.165) is 25.9 Å². The number of hydrogen-bond acceptors (Lipinski definition) is 6. The number of tetrazole rings is 1. The summed E-state index contributed by atoms with van der Waals surface area (Å²) in [5, 5.41) is 16.5. The molecule has 2 aromatic rings. The maximum Gasteiger partial charge on any atom is 0.293 e. The SMILES string of the molecule is O=c1c(-c2nn[nH]n2)con1C1CCNCC1. The van der Waals surface area contributed by atoms with Gasteiger partial charge in [-0.2, -0.15) is 9.95 Å². The van der Waals surface area contributed by atoms with E-state index in [-0.39, 0.29) is 17.4 Å². The van der Waals surface area contributed by atoms with Crippen LogP contribution in [0.5, 0.6) is 0 Å². The van der Waals surface area contributed by atoms with Gasteiger partial charge in [-0.3, -0.25) is 4.79 Å². The summed E-state index contributed by atoms with van der Waals surface area (Å²) in [5.41, 5.74) is 0.149. The molecule has 0 atom stereocenters. The fraction of sp³-hybridized carbons (Fsp3) is 0.556. The highest BCUT2D eigenvalue weighted by Gasteiger charge is 2.22. The van der Waals surface area contributed by atoms with Crippen LogP contribution in [-0.4, -0.2) is 38.5 Å². The van der Waals surface area contributed by atoms with E-state index < -0.39 is 0 Å². The first-order chi connectivity index (χ1) is 8.36. The van der Waals surface area contributed by atoms with Crippen LogP contribution in [0.15, 0.2) is 15.6 Å². The number of nitrogens with one attached hydrogen (secondary N) is 2. The predicted octanol–water partition coefficient (Wildman–Crippen LogP) is -0.454. The van der Waals surface area contributed by atoms with Crippen LogP contribution in [-0.2, 0) is 0 Å². The highest BCUT2D eigenvalue weighted by Crippen LogP contribution is 2.18. The summed E-state index contributed by atoms with van der Waals surface area (Å²) in [6, 6.07) is 0.115. The van der Waals surface area contributed by atoms with Gasteiger partial charge in [0.1, 0.15) is 11.8 Å². The zero-order chi connectivity index (χ0) is 11.7. The molecule has 8 nitrogen and oxygen atoms in total. The van der Waals surface area contributed by atoms with Gasteiger partial charge < -0.3 is 9.84 Å². The summed E-state index contributed by atoms with van der Waals surface area (Å²) >= 11 is 0. The van der Waals surface area contributed by atoms with Crippen molar-refractivity contribution in [2.24, 2.45) is 0 Å². The van der Waals surface area contributed by atoms with Gasteiger partial charge in [-0.15, -0.1) is 10.2 Å². The van der Waals surface area contributed by atoms with Gasteiger partial charge in [0, 0.05) is 0 Å². The third-order valence-electron chi connectivity index (χ3n) is 2.94. The van der Waals surface area contributed by atoms with Gasteiger partial charge in [0.2, 0.25) is 5.82 Å². The lowest BCUT2D eigenvalue weighted by molar-refractivity contribution is 0.179. The lowest BCUT2D eigenvalue weighted by Gasteiger charge is -2.21. The molecule has 3 rings (SSSR count). The second kappa shape index (κ2) is 4.13. The van der Waals surface area contributed by atoms with Gasteiger partial charge in [0.05, 0.1) is 6.04 Å². The van der Waals surface area contributed by atoms with E-state index in [1.54, 1.807) is 0 Å². The van der Waals surface area contributed by atoms with Crippen molar-refractivity contribution in [1.82, 2.24) is 30.7 Å². The number of H-pyrrole nitrogens is 1. The van der Waals surface area contributed by atoms with Crippen LogP contribution in [0.4, 0.5) is 0 Å². The average molecular weight is 236 g/mol. The molecule has 1 saturated heterocycles. The summed E-state index contributed by atoms with van der Waals surface area (Å²) in [6.45, 7) is 1.80. The highest BCUT2D eigenvalue weighted by atomic mass is 16.5. The predicted molar refractivity (Wildman–Crippen MR) is 57.3 cm³/mol. The molecule has 0 amide bonds. The van der Waals surface area contributed by atoms with Crippen molar-refractivity contribution in [2.45, 2.75) is 18.9 Å². The smallest absolute Gasteiger partial charge is 0.293 e. The van der Waals surface area contributed by atoms with E-state index in [1.165, 1.54) is 11.0 Å². The zero-order valence-electron chi connectivity index (χ0n) is 9.09. The van der Waals surface area contributed by atoms with E-state index in [0.29, 0.717) is 5.56 Å². The molecule has 0 radical (unpaired) electrons. The number of hydrogen-bond donors (Lipinski definition) is 2. The normalized spacial score (nSPS) is 17.4. The minimum Gasteiger partial charge on any atom is -0.383 e. The molecule has 1 aliphatic rings.